The molecule has 0 radical (unpaired) electrons. The van der Waals surface area contributed by atoms with E-state index in [4.69, 9.17) is 16.3 Å². The van der Waals surface area contributed by atoms with Crippen molar-refractivity contribution in [1.82, 2.24) is 10.2 Å². The van der Waals surface area contributed by atoms with E-state index < -0.39 is 11.7 Å². The molecule has 0 bridgehead atoms. The van der Waals surface area contributed by atoms with Gasteiger partial charge in [0.25, 0.3) is 0 Å². The van der Waals surface area contributed by atoms with Gasteiger partial charge in [-0.3, -0.25) is 4.79 Å². The number of carbonyl (C=O) groups is 2. The summed E-state index contributed by atoms with van der Waals surface area (Å²) < 4.78 is 5.28. The molecule has 2 amide bonds. The number of likely N-dealkylation sites (N-methyl/N-ethyl adjacent to an activating group) is 1. The number of hydrogen-bond donors (Lipinski definition) is 1. The molecular weight excluding hydrogens is 280 g/mol. The lowest BCUT2D eigenvalue weighted by Gasteiger charge is -2.38. The van der Waals surface area contributed by atoms with Crippen LogP contribution in [0.15, 0.2) is 0 Å². The highest BCUT2D eigenvalue weighted by atomic mass is 35.5. The molecule has 0 aromatic carbocycles. The van der Waals surface area contributed by atoms with Crippen LogP contribution in [0.1, 0.15) is 46.5 Å². The lowest BCUT2D eigenvalue weighted by molar-refractivity contribution is -0.130. The van der Waals surface area contributed by atoms with E-state index in [0.717, 1.165) is 25.7 Å². The van der Waals surface area contributed by atoms with Crippen molar-refractivity contribution in [3.63, 3.8) is 0 Å². The van der Waals surface area contributed by atoms with E-state index in [1.165, 1.54) is 0 Å². The minimum Gasteiger partial charge on any atom is -0.444 e. The fourth-order valence-electron chi connectivity index (χ4n) is 2.48. The maximum Gasteiger partial charge on any atom is 0.407 e. The molecule has 20 heavy (non-hydrogen) atoms. The molecule has 0 heterocycles. The molecule has 2 atom stereocenters. The number of nitrogens with one attached hydrogen (secondary N) is 1. The first-order chi connectivity index (χ1) is 9.24. The van der Waals surface area contributed by atoms with Gasteiger partial charge in [0.1, 0.15) is 11.5 Å². The summed E-state index contributed by atoms with van der Waals surface area (Å²) in [4.78, 5) is 25.2. The summed E-state index contributed by atoms with van der Waals surface area (Å²) in [6.45, 7) is 5.48. The van der Waals surface area contributed by atoms with Crippen LogP contribution in [0, 0.1) is 0 Å². The van der Waals surface area contributed by atoms with Crippen LogP contribution in [0.25, 0.3) is 0 Å². The van der Waals surface area contributed by atoms with Crippen LogP contribution < -0.4 is 5.32 Å². The summed E-state index contributed by atoms with van der Waals surface area (Å²) in [5, 5.41) is 2.89. The monoisotopic (exact) mass is 304 g/mol. The standard InChI is InChI=1S/C14H25ClN2O3/c1-14(2,3)20-13(19)16-10-7-5-6-8-11(10)17(4)12(18)9-15/h10-11H,5-9H2,1-4H3,(H,16,19)/t10-,11-/m1/s1. The average molecular weight is 305 g/mol. The molecule has 6 heteroatoms. The maximum absolute atomic E-state index is 11.9. The lowest BCUT2D eigenvalue weighted by Crippen LogP contribution is -2.54. The van der Waals surface area contributed by atoms with E-state index >= 15 is 0 Å². The number of hydrogen-bond acceptors (Lipinski definition) is 3. The number of alkyl carbamates (subject to hydrolysis) is 1. The van der Waals surface area contributed by atoms with E-state index in [-0.39, 0.29) is 23.9 Å². The highest BCUT2D eigenvalue weighted by Gasteiger charge is 2.32. The van der Waals surface area contributed by atoms with E-state index in [1.807, 2.05) is 20.8 Å². The number of ether oxygens (including phenoxy) is 1. The van der Waals surface area contributed by atoms with Gasteiger partial charge in [-0.25, -0.2) is 4.79 Å². The topological polar surface area (TPSA) is 58.6 Å². The van der Waals surface area contributed by atoms with E-state index in [9.17, 15) is 9.59 Å². The van der Waals surface area contributed by atoms with Crippen LogP contribution in [0.4, 0.5) is 4.79 Å². The van der Waals surface area contributed by atoms with Crippen molar-refractivity contribution in [2.45, 2.75) is 64.1 Å². The Kier molecular flexibility index (Phi) is 6.11. The molecule has 0 aliphatic heterocycles. The van der Waals surface area contributed by atoms with Crippen LogP contribution >= 0.6 is 11.6 Å². The second-order valence-electron chi connectivity index (χ2n) is 6.24. The highest BCUT2D eigenvalue weighted by molar-refractivity contribution is 6.27. The molecule has 1 aliphatic carbocycles. The molecule has 5 nitrogen and oxygen atoms in total. The third kappa shape index (κ3) is 5.19. The molecule has 1 fully saturated rings. The molecule has 0 saturated heterocycles. The molecule has 116 valence electrons. The summed E-state index contributed by atoms with van der Waals surface area (Å²) in [5.41, 5.74) is -0.522. The molecule has 1 aliphatic rings. The summed E-state index contributed by atoms with van der Waals surface area (Å²) in [7, 11) is 1.74. The van der Waals surface area contributed by atoms with Gasteiger partial charge in [0, 0.05) is 7.05 Å². The zero-order valence-electron chi connectivity index (χ0n) is 12.7. The molecule has 1 saturated carbocycles. The van der Waals surface area contributed by atoms with Gasteiger partial charge < -0.3 is 15.0 Å². The first kappa shape index (κ1) is 17.1. The van der Waals surface area contributed by atoms with Crippen LogP contribution in [-0.2, 0) is 9.53 Å². The Bertz CT molecular complexity index is 355. The van der Waals surface area contributed by atoms with Gasteiger partial charge >= 0.3 is 6.09 Å². The van der Waals surface area contributed by atoms with Crippen molar-refractivity contribution in [3.8, 4) is 0 Å². The SMILES string of the molecule is CN(C(=O)CCl)[C@@H]1CCCC[C@H]1NC(=O)OC(C)(C)C. The Morgan fingerprint density at radius 1 is 1.30 bits per heavy atom. The van der Waals surface area contributed by atoms with E-state index in [1.54, 1.807) is 11.9 Å². The van der Waals surface area contributed by atoms with Crippen LogP contribution in [0.5, 0.6) is 0 Å². The quantitative estimate of drug-likeness (QED) is 0.815. The smallest absolute Gasteiger partial charge is 0.407 e. The normalized spacial score (nSPS) is 23.1. The number of nitrogens with zero attached hydrogens (tertiary/aromatic N) is 1. The molecule has 1 rings (SSSR count). The predicted molar refractivity (Wildman–Crippen MR) is 78.9 cm³/mol. The number of carbonyl (C=O) groups excluding carboxylic acids is 2. The second kappa shape index (κ2) is 7.16. The van der Waals surface area contributed by atoms with Gasteiger partial charge in [0.05, 0.1) is 12.1 Å². The maximum atomic E-state index is 11.9. The Morgan fingerprint density at radius 3 is 2.45 bits per heavy atom. The largest absolute Gasteiger partial charge is 0.444 e. The van der Waals surface area contributed by atoms with Crippen LogP contribution in [0.2, 0.25) is 0 Å². The van der Waals surface area contributed by atoms with E-state index in [0.29, 0.717) is 0 Å². The zero-order chi connectivity index (χ0) is 15.3. The van der Waals surface area contributed by atoms with Gasteiger partial charge in [-0.15, -0.1) is 11.6 Å². The zero-order valence-corrected chi connectivity index (χ0v) is 13.5. The van der Waals surface area contributed by atoms with Gasteiger partial charge in [0.2, 0.25) is 5.91 Å². The van der Waals surface area contributed by atoms with Crippen molar-refractivity contribution in [2.24, 2.45) is 0 Å². The second-order valence-corrected chi connectivity index (χ2v) is 6.51. The van der Waals surface area contributed by atoms with E-state index in [2.05, 4.69) is 5.32 Å². The Labute approximate surface area is 126 Å². The summed E-state index contributed by atoms with van der Waals surface area (Å²) in [6, 6.07) is -0.0849. The van der Waals surface area contributed by atoms with Crippen LogP contribution in [0.3, 0.4) is 0 Å². The van der Waals surface area contributed by atoms with Gasteiger partial charge in [-0.2, -0.15) is 0 Å². The van der Waals surface area contributed by atoms with Crippen molar-refractivity contribution in [2.75, 3.05) is 12.9 Å². The Balaban J connectivity index is 2.65. The molecule has 0 aromatic heterocycles. The number of alkyl halides is 1. The van der Waals surface area contributed by atoms with Crippen molar-refractivity contribution in [3.05, 3.63) is 0 Å². The van der Waals surface area contributed by atoms with Gasteiger partial charge in [-0.05, 0) is 33.6 Å². The average Bonchev–Trinajstić information content (AvgIpc) is 2.35. The van der Waals surface area contributed by atoms with Gasteiger partial charge in [-0.1, -0.05) is 12.8 Å². The fraction of sp³-hybridized carbons (Fsp3) is 0.857. The third-order valence-corrected chi connectivity index (χ3v) is 3.67. The summed E-state index contributed by atoms with van der Waals surface area (Å²) in [5.74, 6) is -0.152. The third-order valence-electron chi connectivity index (χ3n) is 3.44. The van der Waals surface area contributed by atoms with Crippen molar-refractivity contribution < 1.29 is 14.3 Å². The number of rotatable bonds is 3. The first-order valence-corrected chi connectivity index (χ1v) is 7.59. The Morgan fingerprint density at radius 2 is 1.90 bits per heavy atom. The van der Waals surface area contributed by atoms with Crippen molar-refractivity contribution >= 4 is 23.6 Å². The first-order valence-electron chi connectivity index (χ1n) is 7.05. The molecule has 1 N–H and O–H groups in total. The lowest BCUT2D eigenvalue weighted by atomic mass is 9.89. The highest BCUT2D eigenvalue weighted by Crippen LogP contribution is 2.23. The molecular formula is C14H25ClN2O3. The summed E-state index contributed by atoms with van der Waals surface area (Å²) in [6.07, 6.45) is 3.39. The number of halogens is 1. The van der Waals surface area contributed by atoms with Gasteiger partial charge in [0.15, 0.2) is 0 Å². The molecule has 0 spiro atoms. The minimum atomic E-state index is -0.522. The number of amides is 2. The molecule has 0 aromatic rings. The summed E-state index contributed by atoms with van der Waals surface area (Å²) >= 11 is 5.60. The Hall–Kier alpha value is -0.970. The fourth-order valence-corrected chi connectivity index (χ4v) is 2.67. The molecule has 0 unspecified atom stereocenters. The minimum absolute atomic E-state index is 0.0116. The van der Waals surface area contributed by atoms with Crippen LogP contribution in [-0.4, -0.2) is 47.5 Å². The predicted octanol–water partition coefficient (Wildman–Crippen LogP) is 2.52. The van der Waals surface area contributed by atoms with Crippen molar-refractivity contribution in [1.29, 1.82) is 0 Å².